The van der Waals surface area contributed by atoms with E-state index in [0.717, 1.165) is 18.1 Å². The van der Waals surface area contributed by atoms with Crippen LogP contribution >= 0.6 is 0 Å². The first-order chi connectivity index (χ1) is 7.76. The Morgan fingerprint density at radius 1 is 1.44 bits per heavy atom. The van der Waals surface area contributed by atoms with Crippen LogP contribution in [0.15, 0.2) is 12.3 Å². The summed E-state index contributed by atoms with van der Waals surface area (Å²) in [5.74, 6) is 0.791. The molecule has 0 bridgehead atoms. The van der Waals surface area contributed by atoms with Crippen LogP contribution in [0, 0.1) is 6.92 Å². The quantitative estimate of drug-likeness (QED) is 0.734. The second-order valence-corrected chi connectivity index (χ2v) is 3.54. The molecule has 0 aliphatic carbocycles. The van der Waals surface area contributed by atoms with Crippen molar-refractivity contribution in [2.45, 2.75) is 19.6 Å². The predicted molar refractivity (Wildman–Crippen MR) is 61.1 cm³/mol. The van der Waals surface area contributed by atoms with E-state index >= 15 is 0 Å². The molecule has 5 heteroatoms. The molecule has 1 atom stereocenters. The predicted octanol–water partition coefficient (Wildman–Crippen LogP) is 0.536. The minimum atomic E-state index is 0.0768. The number of aromatic nitrogens is 2. The van der Waals surface area contributed by atoms with Crippen molar-refractivity contribution in [1.29, 1.82) is 0 Å². The van der Waals surface area contributed by atoms with Gasteiger partial charge in [-0.2, -0.15) is 0 Å². The third kappa shape index (κ3) is 4.65. The summed E-state index contributed by atoms with van der Waals surface area (Å²) in [5.41, 5.74) is 0.986. The SMILES string of the molecule is COCC(CNCc1ccnc(C)n1)OC. The monoisotopic (exact) mass is 225 g/mol. The van der Waals surface area contributed by atoms with Crippen LogP contribution in [0.25, 0.3) is 0 Å². The average Bonchev–Trinajstić information content (AvgIpc) is 2.28. The van der Waals surface area contributed by atoms with Crippen molar-refractivity contribution in [1.82, 2.24) is 15.3 Å². The Balaban J connectivity index is 2.29. The molecule has 90 valence electrons. The van der Waals surface area contributed by atoms with Crippen molar-refractivity contribution in [2.75, 3.05) is 27.4 Å². The van der Waals surface area contributed by atoms with Gasteiger partial charge in [0.2, 0.25) is 0 Å². The van der Waals surface area contributed by atoms with Crippen LogP contribution in [0.2, 0.25) is 0 Å². The smallest absolute Gasteiger partial charge is 0.125 e. The van der Waals surface area contributed by atoms with Gasteiger partial charge in [0.05, 0.1) is 18.4 Å². The normalized spacial score (nSPS) is 12.7. The van der Waals surface area contributed by atoms with Gasteiger partial charge in [-0.1, -0.05) is 0 Å². The van der Waals surface area contributed by atoms with E-state index in [1.54, 1.807) is 20.4 Å². The van der Waals surface area contributed by atoms with E-state index in [-0.39, 0.29) is 6.10 Å². The number of methoxy groups -OCH3 is 2. The number of hydrogen-bond donors (Lipinski definition) is 1. The molecule has 1 heterocycles. The van der Waals surface area contributed by atoms with Crippen LogP contribution in [0.3, 0.4) is 0 Å². The summed E-state index contributed by atoms with van der Waals surface area (Å²) in [7, 11) is 3.35. The summed E-state index contributed by atoms with van der Waals surface area (Å²) in [6, 6.07) is 1.90. The number of hydrogen-bond acceptors (Lipinski definition) is 5. The second-order valence-electron chi connectivity index (χ2n) is 3.54. The number of rotatable bonds is 7. The van der Waals surface area contributed by atoms with E-state index in [4.69, 9.17) is 9.47 Å². The maximum absolute atomic E-state index is 5.23. The van der Waals surface area contributed by atoms with E-state index < -0.39 is 0 Å². The first kappa shape index (κ1) is 13.0. The van der Waals surface area contributed by atoms with Gasteiger partial charge in [-0.25, -0.2) is 9.97 Å². The fourth-order valence-corrected chi connectivity index (χ4v) is 1.36. The topological polar surface area (TPSA) is 56.3 Å². The van der Waals surface area contributed by atoms with Gasteiger partial charge in [0, 0.05) is 33.5 Å². The van der Waals surface area contributed by atoms with Crippen molar-refractivity contribution < 1.29 is 9.47 Å². The van der Waals surface area contributed by atoms with Gasteiger partial charge in [-0.15, -0.1) is 0 Å². The summed E-state index contributed by atoms with van der Waals surface area (Å²) in [6.07, 6.45) is 1.84. The molecule has 1 rings (SSSR count). The number of nitrogens with zero attached hydrogens (tertiary/aromatic N) is 2. The Kier molecular flexibility index (Phi) is 5.92. The molecule has 0 aliphatic rings. The molecule has 0 radical (unpaired) electrons. The Bertz CT molecular complexity index is 307. The first-order valence-electron chi connectivity index (χ1n) is 5.27. The highest BCUT2D eigenvalue weighted by molar-refractivity contribution is 5.00. The fraction of sp³-hybridized carbons (Fsp3) is 0.636. The van der Waals surface area contributed by atoms with Gasteiger partial charge in [0.15, 0.2) is 0 Å². The fourth-order valence-electron chi connectivity index (χ4n) is 1.36. The summed E-state index contributed by atoms with van der Waals surface area (Å²) in [6.45, 7) is 3.93. The molecule has 1 aromatic rings. The van der Waals surface area contributed by atoms with Gasteiger partial charge < -0.3 is 14.8 Å². The molecule has 0 aliphatic heterocycles. The summed E-state index contributed by atoms with van der Waals surface area (Å²) in [5, 5.41) is 3.27. The van der Waals surface area contributed by atoms with Crippen LogP contribution < -0.4 is 5.32 Å². The van der Waals surface area contributed by atoms with Crippen LogP contribution in [0.1, 0.15) is 11.5 Å². The first-order valence-corrected chi connectivity index (χ1v) is 5.27. The third-order valence-electron chi connectivity index (χ3n) is 2.20. The van der Waals surface area contributed by atoms with Crippen molar-refractivity contribution in [3.63, 3.8) is 0 Å². The van der Waals surface area contributed by atoms with Gasteiger partial charge >= 0.3 is 0 Å². The minimum Gasteiger partial charge on any atom is -0.382 e. The Labute approximate surface area is 96.2 Å². The van der Waals surface area contributed by atoms with Crippen molar-refractivity contribution in [3.8, 4) is 0 Å². The summed E-state index contributed by atoms with van der Waals surface area (Å²) < 4.78 is 10.3. The average molecular weight is 225 g/mol. The van der Waals surface area contributed by atoms with Crippen LogP contribution in [-0.2, 0) is 16.0 Å². The molecule has 1 aromatic heterocycles. The lowest BCUT2D eigenvalue weighted by Crippen LogP contribution is -2.31. The lowest BCUT2D eigenvalue weighted by atomic mass is 10.3. The van der Waals surface area contributed by atoms with Gasteiger partial charge in [-0.3, -0.25) is 0 Å². The Morgan fingerprint density at radius 2 is 2.25 bits per heavy atom. The van der Waals surface area contributed by atoms with Crippen LogP contribution in [0.4, 0.5) is 0 Å². The Hall–Kier alpha value is -1.04. The van der Waals surface area contributed by atoms with Crippen LogP contribution in [0.5, 0.6) is 0 Å². The Morgan fingerprint density at radius 3 is 2.88 bits per heavy atom. The highest BCUT2D eigenvalue weighted by atomic mass is 16.5. The standard InChI is InChI=1S/C11H19N3O2/c1-9-13-5-4-10(14-9)6-12-7-11(16-3)8-15-2/h4-5,11-12H,6-8H2,1-3H3. The molecule has 0 fully saturated rings. The molecule has 0 aromatic carbocycles. The molecule has 16 heavy (non-hydrogen) atoms. The zero-order valence-electron chi connectivity index (χ0n) is 10.1. The lowest BCUT2D eigenvalue weighted by Gasteiger charge is -2.14. The van der Waals surface area contributed by atoms with Gasteiger partial charge in [0.1, 0.15) is 5.82 Å². The molecule has 1 N–H and O–H groups in total. The number of ether oxygens (including phenoxy) is 2. The van der Waals surface area contributed by atoms with Crippen molar-refractivity contribution in [3.05, 3.63) is 23.8 Å². The number of nitrogens with one attached hydrogen (secondary N) is 1. The molecular formula is C11H19N3O2. The zero-order chi connectivity index (χ0) is 11.8. The zero-order valence-corrected chi connectivity index (χ0v) is 10.1. The third-order valence-corrected chi connectivity index (χ3v) is 2.20. The number of aryl methyl sites for hydroxylation is 1. The summed E-state index contributed by atoms with van der Waals surface area (Å²) in [4.78, 5) is 8.34. The van der Waals surface area contributed by atoms with Gasteiger partial charge in [0.25, 0.3) is 0 Å². The van der Waals surface area contributed by atoms with E-state index in [0.29, 0.717) is 13.2 Å². The molecule has 1 unspecified atom stereocenters. The van der Waals surface area contributed by atoms with Crippen molar-refractivity contribution >= 4 is 0 Å². The minimum absolute atomic E-state index is 0.0768. The maximum atomic E-state index is 5.23. The van der Waals surface area contributed by atoms with E-state index in [1.807, 2.05) is 13.0 Å². The van der Waals surface area contributed by atoms with Crippen molar-refractivity contribution in [2.24, 2.45) is 0 Å². The van der Waals surface area contributed by atoms with E-state index in [1.165, 1.54) is 0 Å². The molecule has 5 nitrogen and oxygen atoms in total. The molecular weight excluding hydrogens is 206 g/mol. The largest absolute Gasteiger partial charge is 0.382 e. The molecule has 0 amide bonds. The highest BCUT2D eigenvalue weighted by Gasteiger charge is 2.05. The van der Waals surface area contributed by atoms with Gasteiger partial charge in [-0.05, 0) is 13.0 Å². The second kappa shape index (κ2) is 7.27. The molecule has 0 saturated heterocycles. The van der Waals surface area contributed by atoms with Crippen LogP contribution in [-0.4, -0.2) is 43.4 Å². The lowest BCUT2D eigenvalue weighted by molar-refractivity contribution is 0.0287. The highest BCUT2D eigenvalue weighted by Crippen LogP contribution is 1.95. The maximum Gasteiger partial charge on any atom is 0.125 e. The van der Waals surface area contributed by atoms with E-state index in [2.05, 4.69) is 15.3 Å². The van der Waals surface area contributed by atoms with E-state index in [9.17, 15) is 0 Å². The molecule has 0 spiro atoms. The summed E-state index contributed by atoms with van der Waals surface area (Å²) >= 11 is 0. The molecule has 0 saturated carbocycles.